The molecule has 0 spiro atoms. The molecule has 0 aromatic carbocycles. The van der Waals surface area contributed by atoms with Gasteiger partial charge >= 0.3 is 0 Å². The molecule has 1 aliphatic carbocycles. The molecule has 0 aromatic heterocycles. The smallest absolute Gasteiger partial charge is 0.00928 e. The van der Waals surface area contributed by atoms with Crippen molar-refractivity contribution in [3.8, 4) is 0 Å². The summed E-state index contributed by atoms with van der Waals surface area (Å²) < 4.78 is 0. The molecule has 16 heavy (non-hydrogen) atoms. The second kappa shape index (κ2) is 5.05. The Morgan fingerprint density at radius 3 is 2.50 bits per heavy atom. The predicted molar refractivity (Wildman–Crippen MR) is 69.3 cm³/mol. The predicted octanol–water partition coefficient (Wildman–Crippen LogP) is 2.48. The summed E-state index contributed by atoms with van der Waals surface area (Å²) in [6, 6.07) is 1.26. The molecule has 2 aliphatic rings. The van der Waals surface area contributed by atoms with Gasteiger partial charge < -0.3 is 5.73 Å². The monoisotopic (exact) mass is 224 g/mol. The van der Waals surface area contributed by atoms with Crippen molar-refractivity contribution in [2.75, 3.05) is 13.1 Å². The van der Waals surface area contributed by atoms with Crippen molar-refractivity contribution in [1.29, 1.82) is 0 Å². The van der Waals surface area contributed by atoms with Gasteiger partial charge in [0.1, 0.15) is 0 Å². The van der Waals surface area contributed by atoms with Gasteiger partial charge in [0.15, 0.2) is 0 Å². The van der Waals surface area contributed by atoms with Gasteiger partial charge in [-0.2, -0.15) is 0 Å². The third-order valence-electron chi connectivity index (χ3n) is 4.79. The zero-order valence-electron chi connectivity index (χ0n) is 11.2. The summed E-state index contributed by atoms with van der Waals surface area (Å²) in [5, 5.41) is 0. The van der Waals surface area contributed by atoms with Gasteiger partial charge in [-0.05, 0) is 50.4 Å². The number of nitrogens with zero attached hydrogens (tertiary/aromatic N) is 1. The Morgan fingerprint density at radius 1 is 1.12 bits per heavy atom. The Morgan fingerprint density at radius 2 is 1.88 bits per heavy atom. The van der Waals surface area contributed by atoms with Gasteiger partial charge in [0.2, 0.25) is 0 Å². The molecule has 94 valence electrons. The minimum atomic E-state index is 0.486. The van der Waals surface area contributed by atoms with Gasteiger partial charge in [0.05, 0.1) is 0 Å². The molecule has 2 fully saturated rings. The van der Waals surface area contributed by atoms with E-state index in [1.165, 1.54) is 38.8 Å². The summed E-state index contributed by atoms with van der Waals surface area (Å²) in [6.45, 7) is 9.82. The lowest BCUT2D eigenvalue weighted by atomic mass is 9.85. The van der Waals surface area contributed by atoms with Crippen molar-refractivity contribution < 1.29 is 0 Å². The lowest BCUT2D eigenvalue weighted by molar-refractivity contribution is 0.0653. The van der Waals surface area contributed by atoms with E-state index in [0.29, 0.717) is 6.04 Å². The van der Waals surface area contributed by atoms with Crippen LogP contribution in [0.15, 0.2) is 0 Å². The third-order valence-corrected chi connectivity index (χ3v) is 4.79. The van der Waals surface area contributed by atoms with Crippen LogP contribution in [0.25, 0.3) is 0 Å². The minimum Gasteiger partial charge on any atom is -0.328 e. The number of hydrogen-bond acceptors (Lipinski definition) is 2. The third kappa shape index (κ3) is 2.78. The summed E-state index contributed by atoms with van der Waals surface area (Å²) in [5.74, 6) is 2.61. The van der Waals surface area contributed by atoms with Crippen LogP contribution in [0.3, 0.4) is 0 Å². The molecule has 0 bridgehead atoms. The number of piperidine rings is 1. The van der Waals surface area contributed by atoms with Crippen LogP contribution >= 0.6 is 0 Å². The summed E-state index contributed by atoms with van der Waals surface area (Å²) in [5.41, 5.74) is 6.00. The van der Waals surface area contributed by atoms with Crippen molar-refractivity contribution in [2.45, 2.75) is 58.5 Å². The van der Waals surface area contributed by atoms with Crippen molar-refractivity contribution >= 4 is 0 Å². The normalized spacial score (nSPS) is 46.1. The Kier molecular flexibility index (Phi) is 3.91. The number of likely N-dealkylation sites (tertiary alicyclic amines) is 1. The van der Waals surface area contributed by atoms with Crippen molar-refractivity contribution in [2.24, 2.45) is 23.5 Å². The fourth-order valence-corrected chi connectivity index (χ4v) is 3.68. The fourth-order valence-electron chi connectivity index (χ4n) is 3.68. The number of nitrogens with two attached hydrogens (primary N) is 1. The van der Waals surface area contributed by atoms with Crippen LogP contribution < -0.4 is 5.73 Å². The highest BCUT2D eigenvalue weighted by molar-refractivity contribution is 4.86. The van der Waals surface area contributed by atoms with Crippen molar-refractivity contribution in [3.05, 3.63) is 0 Å². The van der Waals surface area contributed by atoms with Gasteiger partial charge in [-0.1, -0.05) is 13.8 Å². The standard InChI is InChI=1S/C14H28N2/c1-10-6-11(2)12(3)16(8-10)9-13-4-5-14(15)7-13/h10-14H,4-9,15H2,1-3H3. The zero-order valence-corrected chi connectivity index (χ0v) is 11.2. The first kappa shape index (κ1) is 12.4. The maximum Gasteiger partial charge on any atom is 0.00928 e. The molecule has 0 aromatic rings. The van der Waals surface area contributed by atoms with E-state index in [1.54, 1.807) is 0 Å². The first-order chi connectivity index (χ1) is 7.56. The lowest BCUT2D eigenvalue weighted by Crippen LogP contribution is -2.47. The SMILES string of the molecule is CC1CC(C)C(C)N(CC2CCC(N)C2)C1. The molecule has 2 N–H and O–H groups in total. The highest BCUT2D eigenvalue weighted by Crippen LogP contribution is 2.31. The first-order valence-electron chi connectivity index (χ1n) is 7.06. The van der Waals surface area contributed by atoms with Crippen LogP contribution in [0, 0.1) is 17.8 Å². The Hall–Kier alpha value is -0.0800. The van der Waals surface area contributed by atoms with Crippen LogP contribution in [-0.2, 0) is 0 Å². The minimum absolute atomic E-state index is 0.486. The highest BCUT2D eigenvalue weighted by Gasteiger charge is 2.31. The van der Waals surface area contributed by atoms with E-state index in [9.17, 15) is 0 Å². The largest absolute Gasteiger partial charge is 0.328 e. The Labute approximate surface area is 101 Å². The average molecular weight is 224 g/mol. The van der Waals surface area contributed by atoms with Crippen LogP contribution in [-0.4, -0.2) is 30.1 Å². The molecule has 0 amide bonds. The van der Waals surface area contributed by atoms with Crippen LogP contribution in [0.2, 0.25) is 0 Å². The number of rotatable bonds is 2. The van der Waals surface area contributed by atoms with Crippen LogP contribution in [0.1, 0.15) is 46.5 Å². The Bertz CT molecular complexity index is 229. The summed E-state index contributed by atoms with van der Waals surface area (Å²) in [4.78, 5) is 2.72. The molecule has 5 atom stereocenters. The van der Waals surface area contributed by atoms with E-state index in [2.05, 4.69) is 25.7 Å². The van der Waals surface area contributed by atoms with Gasteiger partial charge in [0.25, 0.3) is 0 Å². The molecule has 1 aliphatic heterocycles. The van der Waals surface area contributed by atoms with Crippen molar-refractivity contribution in [3.63, 3.8) is 0 Å². The Balaban J connectivity index is 1.87. The molecule has 2 heteroatoms. The first-order valence-corrected chi connectivity index (χ1v) is 7.06. The highest BCUT2D eigenvalue weighted by atomic mass is 15.2. The van der Waals surface area contributed by atoms with E-state index < -0.39 is 0 Å². The second-order valence-corrected chi connectivity index (χ2v) is 6.45. The van der Waals surface area contributed by atoms with Gasteiger partial charge in [-0.3, -0.25) is 4.90 Å². The molecule has 1 heterocycles. The topological polar surface area (TPSA) is 29.3 Å². The summed E-state index contributed by atoms with van der Waals surface area (Å²) in [7, 11) is 0. The average Bonchev–Trinajstić information content (AvgIpc) is 2.60. The molecular weight excluding hydrogens is 196 g/mol. The molecule has 2 nitrogen and oxygen atoms in total. The zero-order chi connectivity index (χ0) is 11.7. The molecule has 1 saturated heterocycles. The molecule has 5 unspecified atom stereocenters. The van der Waals surface area contributed by atoms with Gasteiger partial charge in [0, 0.05) is 25.2 Å². The molecular formula is C14H28N2. The van der Waals surface area contributed by atoms with E-state index in [1.807, 2.05) is 0 Å². The van der Waals surface area contributed by atoms with Crippen LogP contribution in [0.5, 0.6) is 0 Å². The summed E-state index contributed by atoms with van der Waals surface area (Å²) >= 11 is 0. The van der Waals surface area contributed by atoms with E-state index in [0.717, 1.165) is 23.8 Å². The molecule has 1 saturated carbocycles. The molecule has 0 radical (unpaired) electrons. The summed E-state index contributed by atoms with van der Waals surface area (Å²) in [6.07, 6.45) is 5.26. The maximum absolute atomic E-state index is 6.00. The van der Waals surface area contributed by atoms with Gasteiger partial charge in [-0.15, -0.1) is 0 Å². The maximum atomic E-state index is 6.00. The second-order valence-electron chi connectivity index (χ2n) is 6.45. The number of hydrogen-bond donors (Lipinski definition) is 1. The molecule has 2 rings (SSSR count). The quantitative estimate of drug-likeness (QED) is 0.781. The van der Waals surface area contributed by atoms with E-state index >= 15 is 0 Å². The van der Waals surface area contributed by atoms with Crippen LogP contribution in [0.4, 0.5) is 0 Å². The van der Waals surface area contributed by atoms with Crippen molar-refractivity contribution in [1.82, 2.24) is 4.90 Å². The fraction of sp³-hybridized carbons (Fsp3) is 1.00. The van der Waals surface area contributed by atoms with Gasteiger partial charge in [-0.25, -0.2) is 0 Å². The van der Waals surface area contributed by atoms with E-state index in [4.69, 9.17) is 5.73 Å². The van der Waals surface area contributed by atoms with E-state index in [-0.39, 0.29) is 0 Å². The lowest BCUT2D eigenvalue weighted by Gasteiger charge is -2.42.